The maximum Gasteiger partial charge on any atom is 0.401 e. The maximum atomic E-state index is 12.5. The average Bonchev–Trinajstić information content (AvgIpc) is 2.49. The van der Waals surface area contributed by atoms with E-state index in [1.807, 2.05) is 6.07 Å². The van der Waals surface area contributed by atoms with Crippen LogP contribution in [0.4, 0.5) is 13.2 Å². The van der Waals surface area contributed by atoms with Crippen LogP contribution in [0.25, 0.3) is 0 Å². The van der Waals surface area contributed by atoms with E-state index < -0.39 is 18.8 Å². The van der Waals surface area contributed by atoms with Gasteiger partial charge in [-0.15, -0.1) is 0 Å². The lowest BCUT2D eigenvalue weighted by Crippen LogP contribution is -2.41. The number of ether oxygens (including phenoxy) is 1. The molecule has 23 heavy (non-hydrogen) atoms. The number of benzene rings is 1. The molecule has 5 nitrogen and oxygen atoms in total. The molecule has 0 aliphatic heterocycles. The molecule has 0 fully saturated rings. The molecule has 1 atom stereocenters. The van der Waals surface area contributed by atoms with Gasteiger partial charge >= 0.3 is 6.18 Å². The number of halogens is 3. The van der Waals surface area contributed by atoms with Crippen molar-refractivity contribution in [2.45, 2.75) is 18.7 Å². The van der Waals surface area contributed by atoms with Crippen LogP contribution in [0, 0.1) is 11.3 Å². The first-order chi connectivity index (χ1) is 10.8. The van der Waals surface area contributed by atoms with Crippen LogP contribution in [-0.2, 0) is 0 Å². The first-order valence-corrected chi connectivity index (χ1v) is 7.05. The van der Waals surface area contributed by atoms with E-state index in [1.54, 1.807) is 24.3 Å². The first kappa shape index (κ1) is 19.2. The zero-order chi connectivity index (χ0) is 17.3. The van der Waals surface area contributed by atoms with E-state index in [2.05, 4.69) is 0 Å². The van der Waals surface area contributed by atoms with Crippen LogP contribution >= 0.6 is 0 Å². The summed E-state index contributed by atoms with van der Waals surface area (Å²) in [7, 11) is 0. The smallest absolute Gasteiger partial charge is 0.401 e. The molecule has 0 aliphatic carbocycles. The van der Waals surface area contributed by atoms with Gasteiger partial charge in [-0.3, -0.25) is 4.90 Å². The van der Waals surface area contributed by atoms with Gasteiger partial charge in [-0.1, -0.05) is 0 Å². The molecule has 2 N–H and O–H groups in total. The van der Waals surface area contributed by atoms with Gasteiger partial charge in [0.25, 0.3) is 0 Å². The third kappa shape index (κ3) is 8.40. The summed E-state index contributed by atoms with van der Waals surface area (Å²) in [4.78, 5) is 1.03. The Morgan fingerprint density at radius 1 is 1.26 bits per heavy atom. The van der Waals surface area contributed by atoms with Crippen LogP contribution in [0.3, 0.4) is 0 Å². The lowest BCUT2D eigenvalue weighted by Gasteiger charge is -2.25. The van der Waals surface area contributed by atoms with Crippen molar-refractivity contribution in [3.05, 3.63) is 29.8 Å². The molecule has 0 aliphatic rings. The molecule has 0 bridgehead atoms. The van der Waals surface area contributed by atoms with Gasteiger partial charge in [-0.2, -0.15) is 18.4 Å². The Morgan fingerprint density at radius 2 is 1.91 bits per heavy atom. The van der Waals surface area contributed by atoms with Gasteiger partial charge in [-0.05, 0) is 30.7 Å². The number of nitriles is 1. The Balaban J connectivity index is 2.47. The molecule has 1 unspecified atom stereocenters. The van der Waals surface area contributed by atoms with E-state index >= 15 is 0 Å². The third-order valence-corrected chi connectivity index (χ3v) is 2.93. The normalized spacial score (nSPS) is 12.9. The van der Waals surface area contributed by atoms with E-state index in [0.29, 0.717) is 11.3 Å². The molecule has 1 aromatic rings. The maximum absolute atomic E-state index is 12.5. The third-order valence-electron chi connectivity index (χ3n) is 2.93. The van der Waals surface area contributed by atoms with Crippen LogP contribution in [0.2, 0.25) is 0 Å². The second-order valence-electron chi connectivity index (χ2n) is 5.03. The Hall–Kier alpha value is -1.82. The molecule has 1 aromatic carbocycles. The lowest BCUT2D eigenvalue weighted by molar-refractivity contribution is -0.149. The zero-order valence-corrected chi connectivity index (χ0v) is 12.5. The Kier molecular flexibility index (Phi) is 7.81. The Bertz CT molecular complexity index is 500. The molecular weight excluding hydrogens is 313 g/mol. The summed E-state index contributed by atoms with van der Waals surface area (Å²) < 4.78 is 42.7. The fraction of sp³-hybridized carbons (Fsp3) is 0.533. The van der Waals surface area contributed by atoms with Crippen LogP contribution in [-0.4, -0.2) is 60.2 Å². The molecule has 1 rings (SSSR count). The monoisotopic (exact) mass is 332 g/mol. The number of aliphatic hydroxyl groups excluding tert-OH is 2. The number of nitrogens with zero attached hydrogens (tertiary/aromatic N) is 2. The number of hydrogen-bond acceptors (Lipinski definition) is 5. The molecule has 128 valence electrons. The van der Waals surface area contributed by atoms with Gasteiger partial charge in [0.05, 0.1) is 18.2 Å². The van der Waals surface area contributed by atoms with E-state index in [9.17, 15) is 18.3 Å². The fourth-order valence-corrected chi connectivity index (χ4v) is 1.95. The minimum atomic E-state index is -4.37. The van der Waals surface area contributed by atoms with Crippen molar-refractivity contribution >= 4 is 0 Å². The molecular formula is C15H19F3N2O3. The highest BCUT2D eigenvalue weighted by Gasteiger charge is 2.31. The quantitative estimate of drug-likeness (QED) is 0.717. The van der Waals surface area contributed by atoms with Crippen molar-refractivity contribution in [2.75, 3.05) is 32.8 Å². The van der Waals surface area contributed by atoms with Gasteiger partial charge in [0, 0.05) is 19.7 Å². The minimum absolute atomic E-state index is 0.0317. The van der Waals surface area contributed by atoms with Crippen LogP contribution in [0.15, 0.2) is 24.3 Å². The molecule has 0 spiro atoms. The van der Waals surface area contributed by atoms with Crippen molar-refractivity contribution in [3.8, 4) is 11.8 Å². The number of rotatable bonds is 9. The predicted octanol–water partition coefficient (Wildman–Crippen LogP) is 1.54. The number of alkyl halides is 3. The molecule has 0 radical (unpaired) electrons. The van der Waals surface area contributed by atoms with Gasteiger partial charge in [0.15, 0.2) is 0 Å². The standard InChI is InChI=1S/C15H19F3N2O3/c16-15(17,18)11-20(6-1-7-21)9-13(22)10-23-14-4-2-12(8-19)3-5-14/h2-5,13,21-22H,1,6-7,9-11H2. The highest BCUT2D eigenvalue weighted by molar-refractivity contribution is 5.34. The number of hydrogen-bond donors (Lipinski definition) is 2. The van der Waals surface area contributed by atoms with Gasteiger partial charge in [-0.25, -0.2) is 0 Å². The second kappa shape index (κ2) is 9.35. The zero-order valence-electron chi connectivity index (χ0n) is 12.5. The van der Waals surface area contributed by atoms with Gasteiger partial charge in [0.1, 0.15) is 18.5 Å². The van der Waals surface area contributed by atoms with E-state index in [0.717, 1.165) is 4.90 Å². The van der Waals surface area contributed by atoms with Gasteiger partial charge < -0.3 is 14.9 Å². The first-order valence-electron chi connectivity index (χ1n) is 7.05. The summed E-state index contributed by atoms with van der Waals surface area (Å²) in [5.74, 6) is 0.417. The summed E-state index contributed by atoms with van der Waals surface area (Å²) in [5.41, 5.74) is 0.457. The van der Waals surface area contributed by atoms with Crippen molar-refractivity contribution in [1.82, 2.24) is 4.90 Å². The van der Waals surface area contributed by atoms with Crippen molar-refractivity contribution in [2.24, 2.45) is 0 Å². The minimum Gasteiger partial charge on any atom is -0.491 e. The molecule has 0 saturated carbocycles. The van der Waals surface area contributed by atoms with Crippen LogP contribution in [0.5, 0.6) is 5.75 Å². The summed E-state index contributed by atoms with van der Waals surface area (Å²) in [5, 5.41) is 27.2. The van der Waals surface area contributed by atoms with Crippen molar-refractivity contribution < 1.29 is 28.1 Å². The molecule has 8 heteroatoms. The summed E-state index contributed by atoms with van der Waals surface area (Å²) >= 11 is 0. The average molecular weight is 332 g/mol. The largest absolute Gasteiger partial charge is 0.491 e. The topological polar surface area (TPSA) is 76.7 Å². The highest BCUT2D eigenvalue weighted by Crippen LogP contribution is 2.17. The molecule has 0 saturated heterocycles. The Labute approximate surface area is 132 Å². The summed E-state index contributed by atoms with van der Waals surface area (Å²) in [6.07, 6.45) is -5.28. The highest BCUT2D eigenvalue weighted by atomic mass is 19.4. The summed E-state index contributed by atoms with van der Waals surface area (Å²) in [6.45, 7) is -1.72. The van der Waals surface area contributed by atoms with E-state index in [1.165, 1.54) is 0 Å². The van der Waals surface area contributed by atoms with Crippen LogP contribution in [0.1, 0.15) is 12.0 Å². The van der Waals surface area contributed by atoms with Crippen molar-refractivity contribution in [1.29, 1.82) is 5.26 Å². The van der Waals surface area contributed by atoms with E-state index in [4.69, 9.17) is 15.1 Å². The predicted molar refractivity (Wildman–Crippen MR) is 76.9 cm³/mol. The molecule has 0 amide bonds. The second-order valence-corrected chi connectivity index (χ2v) is 5.03. The van der Waals surface area contributed by atoms with E-state index in [-0.39, 0.29) is 32.7 Å². The fourth-order valence-electron chi connectivity index (χ4n) is 1.95. The van der Waals surface area contributed by atoms with Crippen LogP contribution < -0.4 is 4.74 Å². The lowest BCUT2D eigenvalue weighted by atomic mass is 10.2. The van der Waals surface area contributed by atoms with Gasteiger partial charge in [0.2, 0.25) is 0 Å². The summed E-state index contributed by atoms with van der Waals surface area (Å²) in [6, 6.07) is 8.12. The Morgan fingerprint density at radius 3 is 2.43 bits per heavy atom. The number of aliphatic hydroxyl groups is 2. The molecule has 0 heterocycles. The van der Waals surface area contributed by atoms with Crippen molar-refractivity contribution in [3.63, 3.8) is 0 Å². The SMILES string of the molecule is N#Cc1ccc(OCC(O)CN(CCCO)CC(F)(F)F)cc1. The molecule has 0 aromatic heterocycles.